The van der Waals surface area contributed by atoms with Gasteiger partial charge in [-0.1, -0.05) is 0 Å². The maximum atomic E-state index is 12.5. The Morgan fingerprint density at radius 2 is 2.04 bits per heavy atom. The first kappa shape index (κ1) is 17.4. The average molecular weight is 347 g/mol. The standard InChI is InChI=1S/C12H12F3N5O4/c13-12(14,15)7-1-2-8(21)20(19-7)4-3-16-9(22)6-5-17-11(24)18-10(6)23/h1-2,6H,3-5H2,(H,16,22)(H2,17,18,23,24). The molecule has 1 aliphatic rings. The fourth-order valence-corrected chi connectivity index (χ4v) is 1.91. The molecule has 130 valence electrons. The van der Waals surface area contributed by atoms with Crippen LogP contribution >= 0.6 is 0 Å². The lowest BCUT2D eigenvalue weighted by molar-refractivity contribution is -0.142. The molecule has 24 heavy (non-hydrogen) atoms. The van der Waals surface area contributed by atoms with Crippen molar-refractivity contribution in [3.05, 3.63) is 28.2 Å². The van der Waals surface area contributed by atoms with Crippen molar-refractivity contribution in [2.24, 2.45) is 5.92 Å². The van der Waals surface area contributed by atoms with Crippen LogP contribution in [0.15, 0.2) is 16.9 Å². The first-order chi connectivity index (χ1) is 11.2. The third-order valence-electron chi connectivity index (χ3n) is 3.12. The van der Waals surface area contributed by atoms with Gasteiger partial charge in [-0.05, 0) is 6.07 Å². The number of nitrogens with one attached hydrogen (secondary N) is 3. The molecule has 0 aliphatic carbocycles. The summed E-state index contributed by atoms with van der Waals surface area (Å²) in [5.74, 6) is -2.67. The van der Waals surface area contributed by atoms with E-state index in [0.717, 1.165) is 6.07 Å². The third-order valence-corrected chi connectivity index (χ3v) is 3.12. The second kappa shape index (κ2) is 6.68. The van der Waals surface area contributed by atoms with E-state index >= 15 is 0 Å². The van der Waals surface area contributed by atoms with Crippen molar-refractivity contribution in [3.63, 3.8) is 0 Å². The maximum Gasteiger partial charge on any atom is 0.435 e. The van der Waals surface area contributed by atoms with E-state index in [1.165, 1.54) is 0 Å². The molecule has 4 amide bonds. The number of nitrogens with zero attached hydrogens (tertiary/aromatic N) is 2. The fourth-order valence-electron chi connectivity index (χ4n) is 1.91. The lowest BCUT2D eigenvalue weighted by Crippen LogP contribution is -2.56. The molecule has 0 radical (unpaired) electrons. The molecule has 2 rings (SSSR count). The van der Waals surface area contributed by atoms with Gasteiger partial charge in [-0.15, -0.1) is 0 Å². The molecule has 1 fully saturated rings. The highest BCUT2D eigenvalue weighted by molar-refractivity contribution is 6.08. The van der Waals surface area contributed by atoms with Crippen molar-refractivity contribution in [2.75, 3.05) is 13.1 Å². The molecule has 1 unspecified atom stereocenters. The molecule has 1 atom stereocenters. The minimum Gasteiger partial charge on any atom is -0.353 e. The number of rotatable bonds is 4. The predicted octanol–water partition coefficient (Wildman–Crippen LogP) is -1.17. The van der Waals surface area contributed by atoms with E-state index in [1.807, 2.05) is 5.32 Å². The summed E-state index contributed by atoms with van der Waals surface area (Å²) in [6.45, 7) is -0.724. The van der Waals surface area contributed by atoms with Crippen molar-refractivity contribution in [3.8, 4) is 0 Å². The number of carbonyl (C=O) groups is 3. The molecule has 2 heterocycles. The van der Waals surface area contributed by atoms with Gasteiger partial charge < -0.3 is 10.6 Å². The molecule has 0 aromatic carbocycles. The molecule has 1 saturated heterocycles. The summed E-state index contributed by atoms with van der Waals surface area (Å²) in [4.78, 5) is 45.6. The van der Waals surface area contributed by atoms with Gasteiger partial charge in [-0.2, -0.15) is 18.3 Å². The van der Waals surface area contributed by atoms with Crippen molar-refractivity contribution in [1.29, 1.82) is 0 Å². The zero-order chi connectivity index (χ0) is 17.9. The number of imide groups is 1. The quantitative estimate of drug-likeness (QED) is 0.593. The molecule has 1 aliphatic heterocycles. The number of halogens is 3. The molecular formula is C12H12F3N5O4. The zero-order valence-corrected chi connectivity index (χ0v) is 12.0. The summed E-state index contributed by atoms with van der Waals surface area (Å²) < 4.78 is 38.2. The smallest absolute Gasteiger partial charge is 0.353 e. The normalized spacial score (nSPS) is 17.9. The van der Waals surface area contributed by atoms with Gasteiger partial charge in [0.15, 0.2) is 5.69 Å². The predicted molar refractivity (Wildman–Crippen MR) is 71.5 cm³/mol. The summed E-state index contributed by atoms with van der Waals surface area (Å²) in [6.07, 6.45) is -4.70. The number of urea groups is 1. The van der Waals surface area contributed by atoms with Crippen LogP contribution in [0.1, 0.15) is 5.69 Å². The number of carbonyl (C=O) groups excluding carboxylic acids is 3. The van der Waals surface area contributed by atoms with Crippen LogP contribution in [-0.4, -0.2) is 40.7 Å². The molecule has 12 heteroatoms. The van der Waals surface area contributed by atoms with Crippen LogP contribution in [0.3, 0.4) is 0 Å². The number of aromatic nitrogens is 2. The molecule has 0 saturated carbocycles. The van der Waals surface area contributed by atoms with Crippen molar-refractivity contribution >= 4 is 17.8 Å². The van der Waals surface area contributed by atoms with Gasteiger partial charge in [0.1, 0.15) is 5.92 Å². The number of amides is 4. The van der Waals surface area contributed by atoms with E-state index in [1.54, 1.807) is 0 Å². The van der Waals surface area contributed by atoms with Gasteiger partial charge in [-0.3, -0.25) is 19.7 Å². The molecule has 0 spiro atoms. The summed E-state index contributed by atoms with van der Waals surface area (Å²) in [7, 11) is 0. The minimum atomic E-state index is -4.70. The van der Waals surface area contributed by atoms with Crippen LogP contribution in [0.25, 0.3) is 0 Å². The monoisotopic (exact) mass is 347 g/mol. The zero-order valence-electron chi connectivity index (χ0n) is 12.0. The Labute approximate surface area is 132 Å². The van der Waals surface area contributed by atoms with Crippen LogP contribution in [0, 0.1) is 5.92 Å². The summed E-state index contributed by atoms with van der Waals surface area (Å²) in [5, 5.41) is 9.64. The lowest BCUT2D eigenvalue weighted by atomic mass is 10.1. The Hall–Kier alpha value is -2.92. The van der Waals surface area contributed by atoms with Gasteiger partial charge in [0.05, 0.1) is 6.54 Å². The summed E-state index contributed by atoms with van der Waals surface area (Å²) in [5.41, 5.74) is -2.00. The van der Waals surface area contributed by atoms with Gasteiger partial charge in [0.25, 0.3) is 5.56 Å². The van der Waals surface area contributed by atoms with E-state index in [4.69, 9.17) is 0 Å². The van der Waals surface area contributed by atoms with Gasteiger partial charge in [-0.25, -0.2) is 9.48 Å². The Kier molecular flexibility index (Phi) is 4.85. The van der Waals surface area contributed by atoms with Gasteiger partial charge >= 0.3 is 12.2 Å². The third kappa shape index (κ3) is 4.08. The van der Waals surface area contributed by atoms with Crippen LogP contribution in [0.4, 0.5) is 18.0 Å². The highest BCUT2D eigenvalue weighted by Crippen LogP contribution is 2.26. The molecule has 3 N–H and O–H groups in total. The van der Waals surface area contributed by atoms with E-state index in [-0.39, 0.29) is 19.6 Å². The number of hydrogen-bond donors (Lipinski definition) is 3. The topological polar surface area (TPSA) is 122 Å². The highest BCUT2D eigenvalue weighted by atomic mass is 19.4. The van der Waals surface area contributed by atoms with Gasteiger partial charge in [0.2, 0.25) is 11.8 Å². The highest BCUT2D eigenvalue weighted by Gasteiger charge is 2.33. The number of hydrogen-bond acceptors (Lipinski definition) is 5. The Morgan fingerprint density at radius 1 is 1.33 bits per heavy atom. The molecular weight excluding hydrogens is 335 g/mol. The second-order valence-corrected chi connectivity index (χ2v) is 4.82. The first-order valence-electron chi connectivity index (χ1n) is 6.70. The maximum absolute atomic E-state index is 12.5. The summed E-state index contributed by atoms with van der Waals surface area (Å²) in [6, 6.07) is 0.567. The summed E-state index contributed by atoms with van der Waals surface area (Å²) >= 11 is 0. The van der Waals surface area contributed by atoms with Gasteiger partial charge in [0, 0.05) is 19.2 Å². The second-order valence-electron chi connectivity index (χ2n) is 4.82. The Morgan fingerprint density at radius 3 is 2.67 bits per heavy atom. The largest absolute Gasteiger partial charge is 0.435 e. The first-order valence-corrected chi connectivity index (χ1v) is 6.70. The Balaban J connectivity index is 1.94. The molecule has 0 bridgehead atoms. The van der Waals surface area contributed by atoms with Crippen molar-refractivity contribution in [2.45, 2.75) is 12.7 Å². The van der Waals surface area contributed by atoms with Crippen molar-refractivity contribution in [1.82, 2.24) is 25.7 Å². The SMILES string of the molecule is O=C1NCC(C(=O)NCCn2nc(C(F)(F)F)ccc2=O)C(=O)N1. The molecule has 9 nitrogen and oxygen atoms in total. The molecule has 1 aromatic heterocycles. The van der Waals surface area contributed by atoms with E-state index in [9.17, 15) is 32.3 Å². The van der Waals surface area contributed by atoms with E-state index < -0.39 is 41.2 Å². The van der Waals surface area contributed by atoms with Crippen LogP contribution < -0.4 is 21.5 Å². The van der Waals surface area contributed by atoms with Crippen molar-refractivity contribution < 1.29 is 27.6 Å². The van der Waals surface area contributed by atoms with Crippen LogP contribution in [0.5, 0.6) is 0 Å². The lowest BCUT2D eigenvalue weighted by Gasteiger charge is -2.21. The Bertz CT molecular complexity index is 730. The fraction of sp³-hybridized carbons (Fsp3) is 0.417. The van der Waals surface area contributed by atoms with E-state index in [0.29, 0.717) is 10.7 Å². The van der Waals surface area contributed by atoms with Crippen LogP contribution in [0.2, 0.25) is 0 Å². The molecule has 1 aromatic rings. The average Bonchev–Trinajstić information content (AvgIpc) is 2.47. The van der Waals surface area contributed by atoms with E-state index in [2.05, 4.69) is 15.7 Å². The minimum absolute atomic E-state index is 0.196. The number of alkyl halides is 3. The van der Waals surface area contributed by atoms with Crippen LogP contribution in [-0.2, 0) is 22.3 Å².